The predicted molar refractivity (Wildman–Crippen MR) is 66.3 cm³/mol. The Balaban J connectivity index is 2.38. The lowest BCUT2D eigenvalue weighted by Crippen LogP contribution is -2.47. The van der Waals surface area contributed by atoms with Gasteiger partial charge >= 0.3 is 5.97 Å². The van der Waals surface area contributed by atoms with Crippen molar-refractivity contribution in [1.82, 2.24) is 10.6 Å². The molecule has 0 spiro atoms. The number of carboxylic acids is 1. The zero-order valence-corrected chi connectivity index (χ0v) is 10.8. The number of ether oxygens (including phenoxy) is 1. The van der Waals surface area contributed by atoms with E-state index in [1.165, 1.54) is 0 Å². The summed E-state index contributed by atoms with van der Waals surface area (Å²) in [6.45, 7) is 2.07. The summed E-state index contributed by atoms with van der Waals surface area (Å²) in [5.41, 5.74) is 0. The average molecular weight is 258 g/mol. The molecule has 0 radical (unpaired) electrons. The number of piperidine rings is 1. The normalized spacial score (nSPS) is 21.3. The Hall–Kier alpha value is -1.14. The van der Waals surface area contributed by atoms with Crippen LogP contribution in [0.3, 0.4) is 0 Å². The first-order valence-electron chi connectivity index (χ1n) is 6.38. The van der Waals surface area contributed by atoms with Gasteiger partial charge in [0.25, 0.3) is 0 Å². The third-order valence-corrected chi connectivity index (χ3v) is 3.12. The molecule has 1 unspecified atom stereocenters. The van der Waals surface area contributed by atoms with Crippen LogP contribution in [0.4, 0.5) is 0 Å². The minimum Gasteiger partial charge on any atom is -0.480 e. The van der Waals surface area contributed by atoms with Crippen molar-refractivity contribution in [3.05, 3.63) is 0 Å². The molecule has 1 aliphatic rings. The molecule has 0 aliphatic carbocycles. The van der Waals surface area contributed by atoms with Crippen LogP contribution in [0, 0.1) is 5.92 Å². The molecule has 0 saturated carbocycles. The van der Waals surface area contributed by atoms with Gasteiger partial charge in [-0.25, -0.2) is 4.79 Å². The molecule has 0 aromatic rings. The maximum atomic E-state index is 11.9. The summed E-state index contributed by atoms with van der Waals surface area (Å²) in [6, 6.07) is -0.811. The molecule has 1 aliphatic heterocycles. The number of hydrogen-bond donors (Lipinski definition) is 3. The molecule has 1 rings (SSSR count). The smallest absolute Gasteiger partial charge is 0.326 e. The molecule has 0 bridgehead atoms. The lowest BCUT2D eigenvalue weighted by Gasteiger charge is -2.24. The van der Waals surface area contributed by atoms with Crippen LogP contribution in [-0.4, -0.2) is 49.8 Å². The first kappa shape index (κ1) is 14.9. The molecule has 1 heterocycles. The zero-order valence-electron chi connectivity index (χ0n) is 10.8. The second kappa shape index (κ2) is 8.05. The van der Waals surface area contributed by atoms with Gasteiger partial charge in [0.15, 0.2) is 0 Å². The van der Waals surface area contributed by atoms with Gasteiger partial charge in [0.05, 0.1) is 5.92 Å². The van der Waals surface area contributed by atoms with E-state index in [0.29, 0.717) is 26.0 Å². The Bertz CT molecular complexity index is 277. The highest BCUT2D eigenvalue weighted by molar-refractivity contribution is 5.85. The van der Waals surface area contributed by atoms with Crippen LogP contribution < -0.4 is 10.6 Å². The van der Waals surface area contributed by atoms with Crippen molar-refractivity contribution in [2.75, 3.05) is 26.8 Å². The van der Waals surface area contributed by atoms with E-state index in [0.717, 1.165) is 19.4 Å². The van der Waals surface area contributed by atoms with Gasteiger partial charge in [-0.3, -0.25) is 4.79 Å². The fourth-order valence-corrected chi connectivity index (χ4v) is 2.05. The summed E-state index contributed by atoms with van der Waals surface area (Å²) in [4.78, 5) is 22.9. The molecule has 1 saturated heterocycles. The lowest BCUT2D eigenvalue weighted by molar-refractivity contribution is -0.142. The fraction of sp³-hybridized carbons (Fsp3) is 0.833. The number of rotatable bonds is 7. The molecule has 104 valence electrons. The lowest BCUT2D eigenvalue weighted by atomic mass is 9.98. The predicted octanol–water partition coefficient (Wildman–Crippen LogP) is -0.0180. The molecule has 2 atom stereocenters. The summed E-state index contributed by atoms with van der Waals surface area (Å²) >= 11 is 0. The van der Waals surface area contributed by atoms with Crippen LogP contribution in [0.25, 0.3) is 0 Å². The number of aliphatic carboxylic acids is 1. The van der Waals surface area contributed by atoms with Crippen molar-refractivity contribution < 1.29 is 19.4 Å². The van der Waals surface area contributed by atoms with Crippen LogP contribution >= 0.6 is 0 Å². The van der Waals surface area contributed by atoms with E-state index < -0.39 is 12.0 Å². The van der Waals surface area contributed by atoms with E-state index >= 15 is 0 Å². The largest absolute Gasteiger partial charge is 0.480 e. The fourth-order valence-electron chi connectivity index (χ4n) is 2.05. The van der Waals surface area contributed by atoms with E-state index in [2.05, 4.69) is 10.6 Å². The topological polar surface area (TPSA) is 87.7 Å². The van der Waals surface area contributed by atoms with Gasteiger partial charge in [0.2, 0.25) is 5.91 Å². The van der Waals surface area contributed by atoms with Crippen molar-refractivity contribution in [3.8, 4) is 0 Å². The molecule has 1 amide bonds. The first-order chi connectivity index (χ1) is 8.65. The quantitative estimate of drug-likeness (QED) is 0.559. The minimum absolute atomic E-state index is 0.108. The number of methoxy groups -OCH3 is 1. The third kappa shape index (κ3) is 5.01. The van der Waals surface area contributed by atoms with E-state index in [1.807, 2.05) is 0 Å². The number of nitrogens with one attached hydrogen (secondary N) is 2. The molecule has 18 heavy (non-hydrogen) atoms. The summed E-state index contributed by atoms with van der Waals surface area (Å²) in [6.07, 6.45) is 2.80. The maximum Gasteiger partial charge on any atom is 0.326 e. The maximum absolute atomic E-state index is 11.9. The third-order valence-electron chi connectivity index (χ3n) is 3.12. The SMILES string of the molecule is COCCCC(NC(=O)[C@@H]1CCCNC1)C(=O)O. The Kier molecular flexibility index (Phi) is 6.67. The minimum atomic E-state index is -0.983. The second-order valence-electron chi connectivity index (χ2n) is 4.58. The summed E-state index contributed by atoms with van der Waals surface area (Å²) < 4.78 is 4.88. The highest BCUT2D eigenvalue weighted by atomic mass is 16.5. The van der Waals surface area contributed by atoms with Crippen molar-refractivity contribution in [2.45, 2.75) is 31.7 Å². The number of carbonyl (C=O) groups is 2. The Labute approximate surface area is 107 Å². The molecule has 3 N–H and O–H groups in total. The van der Waals surface area contributed by atoms with Gasteiger partial charge in [-0.15, -0.1) is 0 Å². The molecule has 6 heteroatoms. The van der Waals surface area contributed by atoms with E-state index in [-0.39, 0.29) is 11.8 Å². The van der Waals surface area contributed by atoms with Gasteiger partial charge in [-0.2, -0.15) is 0 Å². The molecule has 0 aromatic carbocycles. The number of carbonyl (C=O) groups excluding carboxylic acids is 1. The second-order valence-corrected chi connectivity index (χ2v) is 4.58. The van der Waals surface area contributed by atoms with Crippen LogP contribution in [0.1, 0.15) is 25.7 Å². The average Bonchev–Trinajstić information content (AvgIpc) is 2.38. The monoisotopic (exact) mass is 258 g/mol. The highest BCUT2D eigenvalue weighted by Crippen LogP contribution is 2.10. The van der Waals surface area contributed by atoms with Crippen molar-refractivity contribution in [3.63, 3.8) is 0 Å². The van der Waals surface area contributed by atoms with Crippen LogP contribution in [0.2, 0.25) is 0 Å². The van der Waals surface area contributed by atoms with E-state index in [1.54, 1.807) is 7.11 Å². The van der Waals surface area contributed by atoms with Crippen molar-refractivity contribution in [2.24, 2.45) is 5.92 Å². The van der Waals surface area contributed by atoms with Crippen LogP contribution in [0.5, 0.6) is 0 Å². The first-order valence-corrected chi connectivity index (χ1v) is 6.38. The summed E-state index contributed by atoms with van der Waals surface area (Å²) in [7, 11) is 1.57. The van der Waals surface area contributed by atoms with Crippen LogP contribution in [-0.2, 0) is 14.3 Å². The standard InChI is InChI=1S/C12H22N2O4/c1-18-7-3-5-10(12(16)17)14-11(15)9-4-2-6-13-8-9/h9-10,13H,2-8H2,1H3,(H,14,15)(H,16,17)/t9-,10?/m1/s1. The van der Waals surface area contributed by atoms with Gasteiger partial charge in [0.1, 0.15) is 6.04 Å². The molecular weight excluding hydrogens is 236 g/mol. The highest BCUT2D eigenvalue weighted by Gasteiger charge is 2.25. The molecule has 6 nitrogen and oxygen atoms in total. The summed E-state index contributed by atoms with van der Waals surface area (Å²) in [5.74, 6) is -1.25. The van der Waals surface area contributed by atoms with Gasteiger partial charge in [-0.05, 0) is 32.2 Å². The van der Waals surface area contributed by atoms with Gasteiger partial charge in [-0.1, -0.05) is 0 Å². The Morgan fingerprint density at radius 1 is 1.56 bits per heavy atom. The molecular formula is C12H22N2O4. The summed E-state index contributed by atoms with van der Waals surface area (Å²) in [5, 5.41) is 14.8. The number of amides is 1. The van der Waals surface area contributed by atoms with Crippen molar-refractivity contribution >= 4 is 11.9 Å². The zero-order chi connectivity index (χ0) is 13.4. The van der Waals surface area contributed by atoms with Gasteiger partial charge < -0.3 is 20.5 Å². The van der Waals surface area contributed by atoms with Crippen LogP contribution in [0.15, 0.2) is 0 Å². The molecule has 0 aromatic heterocycles. The van der Waals surface area contributed by atoms with Crippen molar-refractivity contribution in [1.29, 1.82) is 0 Å². The Morgan fingerprint density at radius 3 is 2.89 bits per heavy atom. The Morgan fingerprint density at radius 2 is 2.33 bits per heavy atom. The number of hydrogen-bond acceptors (Lipinski definition) is 4. The molecule has 1 fully saturated rings. The van der Waals surface area contributed by atoms with E-state index in [9.17, 15) is 9.59 Å². The number of carboxylic acid groups (broad SMARTS) is 1. The van der Waals surface area contributed by atoms with E-state index in [4.69, 9.17) is 9.84 Å². The van der Waals surface area contributed by atoms with Gasteiger partial charge in [0, 0.05) is 20.3 Å².